The molecule has 1 aromatic heterocycles. The van der Waals surface area contributed by atoms with Crippen molar-refractivity contribution in [3.8, 4) is 6.07 Å². The van der Waals surface area contributed by atoms with Crippen molar-refractivity contribution in [1.82, 2.24) is 4.98 Å². The molecule has 3 rings (SSSR count). The summed E-state index contributed by atoms with van der Waals surface area (Å²) in [6.07, 6.45) is -0.102. The van der Waals surface area contributed by atoms with E-state index < -0.39 is 23.8 Å². The number of benzene rings is 1. The second-order valence-corrected chi connectivity index (χ2v) is 7.47. The third-order valence-electron chi connectivity index (χ3n) is 5.04. The Balaban J connectivity index is 1.75. The molecule has 2 heterocycles. The minimum Gasteiger partial charge on any atom is -0.404 e. The summed E-state index contributed by atoms with van der Waals surface area (Å²) < 4.78 is 44.2. The highest BCUT2D eigenvalue weighted by Gasteiger charge is 2.31. The average Bonchev–Trinajstić information content (AvgIpc) is 2.84. The number of allylic oxidation sites excluding steroid dienone is 1. The molecule has 2 aromatic rings. The predicted octanol–water partition coefficient (Wildman–Crippen LogP) is 3.54. The molecule has 0 aliphatic carbocycles. The van der Waals surface area contributed by atoms with E-state index in [1.165, 1.54) is 30.7 Å². The molecule has 1 aromatic carbocycles. The standard InChI is InChI=1S/C23H22F3N5O3/c24-23(25,26)17-5-3-4-14(8-17)21(32)22(33)31-18-9-15(10-27)20(30-13-18)16(11-28)12-29-19-6-1-2-7-34-19/h3-5,8-9,11-13,19,21,32H,1-2,6-7,28H2,(H,31,33)/b16-11+,29-12+. The molecule has 0 bridgehead atoms. The Morgan fingerprint density at radius 3 is 2.82 bits per heavy atom. The van der Waals surface area contributed by atoms with Gasteiger partial charge in [0.05, 0.1) is 28.7 Å². The number of nitrogens with zero attached hydrogens (tertiary/aromatic N) is 3. The van der Waals surface area contributed by atoms with E-state index in [1.807, 2.05) is 6.07 Å². The van der Waals surface area contributed by atoms with E-state index in [0.717, 1.165) is 31.4 Å². The second-order valence-electron chi connectivity index (χ2n) is 7.47. The number of nitriles is 1. The molecule has 2 atom stereocenters. The van der Waals surface area contributed by atoms with Crippen molar-refractivity contribution in [1.29, 1.82) is 5.26 Å². The van der Waals surface area contributed by atoms with Crippen LogP contribution in [0.4, 0.5) is 18.9 Å². The maximum absolute atomic E-state index is 12.9. The van der Waals surface area contributed by atoms with Crippen LogP contribution in [0, 0.1) is 11.3 Å². The Labute approximate surface area is 193 Å². The molecule has 1 aliphatic rings. The predicted molar refractivity (Wildman–Crippen MR) is 118 cm³/mol. The van der Waals surface area contributed by atoms with Crippen LogP contribution in [0.3, 0.4) is 0 Å². The molecule has 1 aliphatic heterocycles. The van der Waals surface area contributed by atoms with Gasteiger partial charge < -0.3 is 20.9 Å². The van der Waals surface area contributed by atoms with Gasteiger partial charge in [0.1, 0.15) is 12.3 Å². The van der Waals surface area contributed by atoms with Crippen LogP contribution in [0.1, 0.15) is 47.8 Å². The Hall–Kier alpha value is -3.75. The van der Waals surface area contributed by atoms with Gasteiger partial charge in [0.2, 0.25) is 0 Å². The van der Waals surface area contributed by atoms with Crippen molar-refractivity contribution in [2.45, 2.75) is 37.8 Å². The fourth-order valence-electron chi connectivity index (χ4n) is 3.28. The lowest BCUT2D eigenvalue weighted by Crippen LogP contribution is -2.21. The smallest absolute Gasteiger partial charge is 0.404 e. The topological polar surface area (TPSA) is 134 Å². The van der Waals surface area contributed by atoms with E-state index in [0.29, 0.717) is 18.2 Å². The van der Waals surface area contributed by atoms with Crippen molar-refractivity contribution in [2.24, 2.45) is 10.7 Å². The molecule has 11 heteroatoms. The van der Waals surface area contributed by atoms with Crippen molar-refractivity contribution < 1.29 is 27.8 Å². The number of carbonyl (C=O) groups is 1. The number of carbonyl (C=O) groups excluding carboxylic acids is 1. The first-order chi connectivity index (χ1) is 16.2. The number of pyridine rings is 1. The van der Waals surface area contributed by atoms with E-state index in [2.05, 4.69) is 15.3 Å². The van der Waals surface area contributed by atoms with Crippen molar-refractivity contribution >= 4 is 23.4 Å². The summed E-state index contributed by atoms with van der Waals surface area (Å²) >= 11 is 0. The Bertz CT molecular complexity index is 1140. The number of nitrogens with two attached hydrogens (primary N) is 1. The molecule has 0 saturated carbocycles. The number of hydrogen-bond acceptors (Lipinski definition) is 7. The molecule has 4 N–H and O–H groups in total. The van der Waals surface area contributed by atoms with E-state index in [9.17, 15) is 28.3 Å². The molecule has 178 valence electrons. The van der Waals surface area contributed by atoms with E-state index >= 15 is 0 Å². The molecule has 8 nitrogen and oxygen atoms in total. The lowest BCUT2D eigenvalue weighted by atomic mass is 10.0. The van der Waals surface area contributed by atoms with Crippen LogP contribution in [0.5, 0.6) is 0 Å². The molecule has 0 radical (unpaired) electrons. The molecular formula is C23H22F3N5O3. The molecule has 1 fully saturated rings. The maximum atomic E-state index is 12.9. The van der Waals surface area contributed by atoms with Crippen LogP contribution in [0.2, 0.25) is 0 Å². The van der Waals surface area contributed by atoms with E-state index in [-0.39, 0.29) is 28.7 Å². The number of halogens is 3. The first-order valence-corrected chi connectivity index (χ1v) is 10.4. The SMILES string of the molecule is N#Cc1cc(NC(=O)C(O)c2cccc(C(F)(F)F)c2)cnc1C(=C/N)/C=N/C1CCCCO1. The van der Waals surface area contributed by atoms with Crippen LogP contribution >= 0.6 is 0 Å². The van der Waals surface area contributed by atoms with Gasteiger partial charge in [-0.15, -0.1) is 0 Å². The Kier molecular flexibility index (Phi) is 7.99. The minimum absolute atomic E-state index is 0.0686. The zero-order chi connectivity index (χ0) is 24.7. The number of anilines is 1. The molecular weight excluding hydrogens is 451 g/mol. The van der Waals surface area contributed by atoms with Gasteiger partial charge in [0.25, 0.3) is 5.91 Å². The fourth-order valence-corrected chi connectivity index (χ4v) is 3.28. The van der Waals surface area contributed by atoms with Gasteiger partial charge in [0.15, 0.2) is 6.10 Å². The number of aliphatic imine (C=N–C) groups is 1. The molecule has 34 heavy (non-hydrogen) atoms. The average molecular weight is 473 g/mol. The fraction of sp³-hybridized carbons (Fsp3) is 0.304. The van der Waals surface area contributed by atoms with Crippen LogP contribution in [0.15, 0.2) is 47.7 Å². The number of nitrogens with one attached hydrogen (secondary N) is 1. The first kappa shape index (κ1) is 24.9. The zero-order valence-corrected chi connectivity index (χ0v) is 17.9. The number of ether oxygens (including phenoxy) is 1. The quantitative estimate of drug-likeness (QED) is 0.550. The third kappa shape index (κ3) is 6.18. The molecule has 1 amide bonds. The zero-order valence-electron chi connectivity index (χ0n) is 17.9. The highest BCUT2D eigenvalue weighted by molar-refractivity contribution is 6.09. The van der Waals surface area contributed by atoms with Crippen LogP contribution < -0.4 is 11.1 Å². The summed E-state index contributed by atoms with van der Waals surface area (Å²) in [7, 11) is 0. The number of aliphatic hydroxyl groups is 1. The van der Waals surface area contributed by atoms with Gasteiger partial charge in [-0.05, 0) is 43.0 Å². The van der Waals surface area contributed by atoms with Crippen LogP contribution in [-0.4, -0.2) is 35.0 Å². The van der Waals surface area contributed by atoms with Gasteiger partial charge in [0, 0.05) is 24.6 Å². The molecule has 0 spiro atoms. The van der Waals surface area contributed by atoms with Crippen LogP contribution in [0.25, 0.3) is 5.57 Å². The normalized spacial score (nSPS) is 17.9. The summed E-state index contributed by atoms with van der Waals surface area (Å²) in [6, 6.07) is 7.10. The summed E-state index contributed by atoms with van der Waals surface area (Å²) in [5.74, 6) is -0.983. The number of aliphatic hydroxyl groups excluding tert-OH is 1. The summed E-state index contributed by atoms with van der Waals surface area (Å²) in [5, 5.41) is 22.1. The Morgan fingerprint density at radius 2 is 2.18 bits per heavy atom. The van der Waals surface area contributed by atoms with E-state index in [4.69, 9.17) is 10.5 Å². The highest BCUT2D eigenvalue weighted by Crippen LogP contribution is 2.31. The van der Waals surface area contributed by atoms with Gasteiger partial charge in [-0.2, -0.15) is 18.4 Å². The number of hydrogen-bond donors (Lipinski definition) is 3. The van der Waals surface area contributed by atoms with Crippen LogP contribution in [-0.2, 0) is 15.7 Å². The molecule has 1 saturated heterocycles. The van der Waals surface area contributed by atoms with Gasteiger partial charge in [-0.3, -0.25) is 14.8 Å². The van der Waals surface area contributed by atoms with Crippen molar-refractivity contribution in [2.75, 3.05) is 11.9 Å². The van der Waals surface area contributed by atoms with Crippen molar-refractivity contribution in [3.05, 3.63) is 65.1 Å². The summed E-state index contributed by atoms with van der Waals surface area (Å²) in [5.41, 5.74) is 5.19. The number of aromatic nitrogens is 1. The molecule has 2 unspecified atom stereocenters. The second kappa shape index (κ2) is 10.9. The van der Waals surface area contributed by atoms with Crippen molar-refractivity contribution in [3.63, 3.8) is 0 Å². The number of alkyl halides is 3. The van der Waals surface area contributed by atoms with E-state index in [1.54, 1.807) is 0 Å². The maximum Gasteiger partial charge on any atom is 0.416 e. The van der Waals surface area contributed by atoms with Gasteiger partial charge >= 0.3 is 6.18 Å². The van der Waals surface area contributed by atoms with Gasteiger partial charge in [-0.25, -0.2) is 0 Å². The minimum atomic E-state index is -4.62. The largest absolute Gasteiger partial charge is 0.416 e. The third-order valence-corrected chi connectivity index (χ3v) is 5.04. The lowest BCUT2D eigenvalue weighted by Gasteiger charge is -2.18. The van der Waals surface area contributed by atoms with Gasteiger partial charge in [-0.1, -0.05) is 12.1 Å². The highest BCUT2D eigenvalue weighted by atomic mass is 19.4. The lowest BCUT2D eigenvalue weighted by molar-refractivity contribution is -0.138. The number of amides is 1. The summed E-state index contributed by atoms with van der Waals surface area (Å²) in [6.45, 7) is 0.617. The monoisotopic (exact) mass is 473 g/mol. The number of rotatable bonds is 6. The Morgan fingerprint density at radius 1 is 1.38 bits per heavy atom. The first-order valence-electron chi connectivity index (χ1n) is 10.4. The summed E-state index contributed by atoms with van der Waals surface area (Å²) in [4.78, 5) is 20.9.